The second kappa shape index (κ2) is 5.20. The van der Waals surface area contributed by atoms with Crippen LogP contribution < -0.4 is 5.32 Å². The average molecular weight is 249 g/mol. The summed E-state index contributed by atoms with van der Waals surface area (Å²) in [5.74, 6) is 1.61. The second-order valence-electron chi connectivity index (χ2n) is 4.60. The van der Waals surface area contributed by atoms with Gasteiger partial charge in [-0.3, -0.25) is 4.68 Å². The van der Waals surface area contributed by atoms with E-state index in [9.17, 15) is 0 Å². The highest BCUT2D eigenvalue weighted by Crippen LogP contribution is 2.19. The van der Waals surface area contributed by atoms with Gasteiger partial charge in [0.05, 0.1) is 11.9 Å². The first-order valence-electron chi connectivity index (χ1n) is 6.22. The van der Waals surface area contributed by atoms with Crippen molar-refractivity contribution in [3.8, 4) is 0 Å². The highest BCUT2D eigenvalue weighted by Gasteiger charge is 2.16. The summed E-state index contributed by atoms with van der Waals surface area (Å²) < 4.78 is 7.11. The number of hydrogen-bond donors (Lipinski definition) is 1. The lowest BCUT2D eigenvalue weighted by Crippen LogP contribution is -2.06. The molecule has 2 aromatic rings. The Bertz CT molecular complexity index is 502. The van der Waals surface area contributed by atoms with Crippen LogP contribution in [-0.4, -0.2) is 19.9 Å². The highest BCUT2D eigenvalue weighted by molar-refractivity contribution is 5.39. The van der Waals surface area contributed by atoms with E-state index in [4.69, 9.17) is 4.52 Å². The normalized spacial score (nSPS) is 12.9. The first-order chi connectivity index (χ1) is 8.60. The summed E-state index contributed by atoms with van der Waals surface area (Å²) in [6.07, 6.45) is 3.75. The Kier molecular flexibility index (Phi) is 3.64. The Morgan fingerprint density at radius 1 is 1.39 bits per heavy atom. The maximum atomic E-state index is 5.24. The Morgan fingerprint density at radius 3 is 2.72 bits per heavy atom. The van der Waals surface area contributed by atoms with Crippen LogP contribution in [0.5, 0.6) is 0 Å². The van der Waals surface area contributed by atoms with Crippen molar-refractivity contribution in [1.29, 1.82) is 0 Å². The minimum Gasteiger partial charge on any atom is -0.371 e. The molecule has 2 rings (SSSR count). The molecule has 1 N–H and O–H groups in total. The van der Waals surface area contributed by atoms with E-state index in [1.165, 1.54) is 0 Å². The molecule has 0 aliphatic heterocycles. The third kappa shape index (κ3) is 2.69. The van der Waals surface area contributed by atoms with Crippen molar-refractivity contribution in [3.63, 3.8) is 0 Å². The monoisotopic (exact) mass is 249 g/mol. The number of aryl methyl sites for hydroxylation is 1. The Balaban J connectivity index is 2.04. The van der Waals surface area contributed by atoms with Crippen molar-refractivity contribution in [1.82, 2.24) is 19.9 Å². The van der Waals surface area contributed by atoms with Gasteiger partial charge in [0.15, 0.2) is 5.82 Å². The van der Waals surface area contributed by atoms with E-state index >= 15 is 0 Å². The number of hydrogen-bond acceptors (Lipinski definition) is 5. The molecular formula is C12H19N5O. The fraction of sp³-hybridized carbons (Fsp3) is 0.583. The molecule has 0 aliphatic carbocycles. The Labute approximate surface area is 106 Å². The van der Waals surface area contributed by atoms with Crippen LogP contribution in [0.3, 0.4) is 0 Å². The lowest BCUT2D eigenvalue weighted by atomic mass is 10.2. The SMILES string of the molecule is CCn1cc(NC(C)c2nc(C(C)C)no2)cn1. The third-order valence-corrected chi connectivity index (χ3v) is 2.68. The zero-order valence-electron chi connectivity index (χ0n) is 11.2. The van der Waals surface area contributed by atoms with E-state index in [0.717, 1.165) is 18.1 Å². The number of rotatable bonds is 5. The van der Waals surface area contributed by atoms with Crippen molar-refractivity contribution in [2.45, 2.75) is 46.2 Å². The minimum absolute atomic E-state index is 0.0282. The van der Waals surface area contributed by atoms with Gasteiger partial charge < -0.3 is 9.84 Å². The van der Waals surface area contributed by atoms with E-state index in [1.54, 1.807) is 6.20 Å². The smallest absolute Gasteiger partial charge is 0.248 e. The molecule has 1 unspecified atom stereocenters. The van der Waals surface area contributed by atoms with Crippen molar-refractivity contribution in [2.24, 2.45) is 0 Å². The first kappa shape index (κ1) is 12.6. The van der Waals surface area contributed by atoms with Gasteiger partial charge in [-0.2, -0.15) is 10.1 Å². The van der Waals surface area contributed by atoms with Crippen LogP contribution in [0.25, 0.3) is 0 Å². The molecule has 0 saturated heterocycles. The molecule has 6 heteroatoms. The molecular weight excluding hydrogens is 230 g/mol. The topological polar surface area (TPSA) is 68.8 Å². The summed E-state index contributed by atoms with van der Waals surface area (Å²) in [5.41, 5.74) is 0.952. The van der Waals surface area contributed by atoms with Gasteiger partial charge in [-0.15, -0.1) is 0 Å². The molecule has 0 radical (unpaired) electrons. The molecule has 0 aliphatic rings. The predicted molar refractivity (Wildman–Crippen MR) is 68.3 cm³/mol. The van der Waals surface area contributed by atoms with Gasteiger partial charge in [-0.25, -0.2) is 0 Å². The van der Waals surface area contributed by atoms with Crippen LogP contribution in [0.2, 0.25) is 0 Å². The summed E-state index contributed by atoms with van der Waals surface area (Å²) in [5, 5.41) is 11.4. The molecule has 2 aromatic heterocycles. The van der Waals surface area contributed by atoms with Crippen LogP contribution in [0.15, 0.2) is 16.9 Å². The maximum absolute atomic E-state index is 5.24. The molecule has 0 fully saturated rings. The summed E-state index contributed by atoms with van der Waals surface area (Å²) in [4.78, 5) is 4.37. The zero-order valence-corrected chi connectivity index (χ0v) is 11.2. The molecule has 0 saturated carbocycles. The molecule has 18 heavy (non-hydrogen) atoms. The zero-order chi connectivity index (χ0) is 13.1. The highest BCUT2D eigenvalue weighted by atomic mass is 16.5. The van der Waals surface area contributed by atoms with E-state index in [0.29, 0.717) is 5.89 Å². The molecule has 0 spiro atoms. The van der Waals surface area contributed by atoms with Crippen LogP contribution >= 0.6 is 0 Å². The van der Waals surface area contributed by atoms with Gasteiger partial charge in [0.1, 0.15) is 6.04 Å². The van der Waals surface area contributed by atoms with Crippen molar-refractivity contribution < 1.29 is 4.52 Å². The Hall–Kier alpha value is -1.85. The summed E-state index contributed by atoms with van der Waals surface area (Å²) >= 11 is 0. The quantitative estimate of drug-likeness (QED) is 0.882. The largest absolute Gasteiger partial charge is 0.371 e. The van der Waals surface area contributed by atoms with E-state index in [-0.39, 0.29) is 12.0 Å². The number of nitrogens with one attached hydrogen (secondary N) is 1. The van der Waals surface area contributed by atoms with E-state index < -0.39 is 0 Å². The molecule has 0 aromatic carbocycles. The van der Waals surface area contributed by atoms with Gasteiger partial charge in [0.25, 0.3) is 0 Å². The molecule has 0 bridgehead atoms. The van der Waals surface area contributed by atoms with Gasteiger partial charge in [0, 0.05) is 18.7 Å². The standard InChI is InChI=1S/C12H19N5O/c1-5-17-7-10(6-13-17)14-9(4)12-15-11(8(2)3)16-18-12/h6-9,14H,5H2,1-4H3. The van der Waals surface area contributed by atoms with Crippen LogP contribution in [-0.2, 0) is 6.54 Å². The van der Waals surface area contributed by atoms with Crippen LogP contribution in [0.4, 0.5) is 5.69 Å². The van der Waals surface area contributed by atoms with Gasteiger partial charge in [0.2, 0.25) is 5.89 Å². The molecule has 98 valence electrons. The molecule has 2 heterocycles. The summed E-state index contributed by atoms with van der Waals surface area (Å²) in [6, 6.07) is -0.0282. The van der Waals surface area contributed by atoms with Gasteiger partial charge in [-0.1, -0.05) is 19.0 Å². The summed E-state index contributed by atoms with van der Waals surface area (Å²) in [6.45, 7) is 8.97. The first-order valence-corrected chi connectivity index (χ1v) is 6.22. The predicted octanol–water partition coefficient (Wildman–Crippen LogP) is 2.58. The fourth-order valence-corrected chi connectivity index (χ4v) is 1.58. The summed E-state index contributed by atoms with van der Waals surface area (Å²) in [7, 11) is 0. The minimum atomic E-state index is -0.0282. The van der Waals surface area contributed by atoms with Crippen LogP contribution in [0.1, 0.15) is 51.4 Å². The molecule has 1 atom stereocenters. The van der Waals surface area contributed by atoms with Gasteiger partial charge in [-0.05, 0) is 13.8 Å². The van der Waals surface area contributed by atoms with Crippen molar-refractivity contribution in [3.05, 3.63) is 24.1 Å². The molecule has 6 nitrogen and oxygen atoms in total. The number of aromatic nitrogens is 4. The maximum Gasteiger partial charge on any atom is 0.248 e. The number of anilines is 1. The third-order valence-electron chi connectivity index (χ3n) is 2.68. The van der Waals surface area contributed by atoms with E-state index in [2.05, 4.69) is 20.6 Å². The lowest BCUT2D eigenvalue weighted by Gasteiger charge is -2.08. The Morgan fingerprint density at radius 2 is 2.17 bits per heavy atom. The average Bonchev–Trinajstić information content (AvgIpc) is 2.97. The second-order valence-corrected chi connectivity index (χ2v) is 4.60. The van der Waals surface area contributed by atoms with Crippen LogP contribution in [0, 0.1) is 0 Å². The number of nitrogens with zero attached hydrogens (tertiary/aromatic N) is 4. The lowest BCUT2D eigenvalue weighted by molar-refractivity contribution is 0.361. The molecule has 0 amide bonds. The van der Waals surface area contributed by atoms with E-state index in [1.807, 2.05) is 38.6 Å². The van der Waals surface area contributed by atoms with Crippen molar-refractivity contribution in [2.75, 3.05) is 5.32 Å². The fourth-order valence-electron chi connectivity index (χ4n) is 1.58. The van der Waals surface area contributed by atoms with Crippen molar-refractivity contribution >= 4 is 5.69 Å². The van der Waals surface area contributed by atoms with Gasteiger partial charge >= 0.3 is 0 Å².